The van der Waals surface area contributed by atoms with Gasteiger partial charge in [0.15, 0.2) is 0 Å². The first kappa shape index (κ1) is 16.3. The van der Waals surface area contributed by atoms with Crippen LogP contribution in [0, 0.1) is 0 Å². The summed E-state index contributed by atoms with van der Waals surface area (Å²) in [7, 11) is 0. The average molecular weight is 286 g/mol. The van der Waals surface area contributed by atoms with Crippen LogP contribution in [0.3, 0.4) is 0 Å². The Bertz CT molecular complexity index is 398. The van der Waals surface area contributed by atoms with E-state index in [1.165, 1.54) is 11.8 Å². The molecule has 2 amide bonds. The fraction of sp³-hybridized carbons (Fsp3) is 0.769. The number of carbonyl (C=O) groups is 3. The first-order chi connectivity index (χ1) is 9.39. The van der Waals surface area contributed by atoms with Crippen molar-refractivity contribution in [2.75, 3.05) is 13.2 Å². The number of esters is 1. The number of nitrogens with one attached hydrogen (secondary N) is 1. The van der Waals surface area contributed by atoms with E-state index in [2.05, 4.69) is 5.32 Å². The number of hydrogen-bond acceptors (Lipinski definition) is 4. The molecule has 0 spiro atoms. The van der Waals surface area contributed by atoms with Crippen molar-refractivity contribution in [1.29, 1.82) is 0 Å². The van der Waals surface area contributed by atoms with Gasteiger partial charge in [0, 0.05) is 6.54 Å². The molecule has 7 heteroatoms. The Hall–Kier alpha value is -1.79. The molecule has 1 saturated heterocycles. The van der Waals surface area contributed by atoms with Gasteiger partial charge in [0.05, 0.1) is 6.61 Å². The van der Waals surface area contributed by atoms with Gasteiger partial charge >= 0.3 is 18.0 Å². The number of rotatable bonds is 5. The highest BCUT2D eigenvalue weighted by atomic mass is 16.5. The molecule has 1 aliphatic rings. The molecule has 2 N–H and O–H groups in total. The maximum atomic E-state index is 12.2. The summed E-state index contributed by atoms with van der Waals surface area (Å²) in [5, 5.41) is 11.9. The zero-order chi connectivity index (χ0) is 15.3. The van der Waals surface area contributed by atoms with Crippen LogP contribution in [0.1, 0.15) is 40.0 Å². The zero-order valence-corrected chi connectivity index (χ0v) is 12.1. The second-order valence-corrected chi connectivity index (χ2v) is 4.87. The predicted octanol–water partition coefficient (Wildman–Crippen LogP) is 0.977. The number of nitrogens with zero attached hydrogens (tertiary/aromatic N) is 1. The molecule has 1 heterocycles. The molecule has 0 bridgehead atoms. The van der Waals surface area contributed by atoms with Crippen LogP contribution in [-0.2, 0) is 14.3 Å². The van der Waals surface area contributed by atoms with Crippen molar-refractivity contribution >= 4 is 18.0 Å². The lowest BCUT2D eigenvalue weighted by atomic mass is 9.93. The second kappa shape index (κ2) is 6.58. The van der Waals surface area contributed by atoms with Crippen LogP contribution < -0.4 is 5.32 Å². The normalized spacial score (nSPS) is 23.2. The molecule has 0 saturated carbocycles. The van der Waals surface area contributed by atoms with Crippen molar-refractivity contribution in [3.05, 3.63) is 0 Å². The number of carbonyl (C=O) groups excluding carboxylic acids is 2. The Labute approximate surface area is 118 Å². The van der Waals surface area contributed by atoms with Gasteiger partial charge in [0.1, 0.15) is 11.6 Å². The van der Waals surface area contributed by atoms with E-state index in [4.69, 9.17) is 4.74 Å². The second-order valence-electron chi connectivity index (χ2n) is 4.87. The summed E-state index contributed by atoms with van der Waals surface area (Å²) in [6.45, 7) is 5.55. The Morgan fingerprint density at radius 3 is 2.55 bits per heavy atom. The van der Waals surface area contributed by atoms with Gasteiger partial charge in [-0.15, -0.1) is 0 Å². The van der Waals surface area contributed by atoms with Gasteiger partial charge in [-0.05, 0) is 33.1 Å². The lowest BCUT2D eigenvalue weighted by Crippen LogP contribution is -2.57. The molecule has 0 aromatic rings. The maximum absolute atomic E-state index is 12.2. The molecule has 2 unspecified atom stereocenters. The Morgan fingerprint density at radius 2 is 2.05 bits per heavy atom. The summed E-state index contributed by atoms with van der Waals surface area (Å²) in [6.07, 6.45) is 1.41. The SMILES string of the molecule is CCOC(=O)C(C)NC(=O)N1CCCC1(CC)C(=O)O. The molecule has 114 valence electrons. The zero-order valence-electron chi connectivity index (χ0n) is 12.1. The fourth-order valence-corrected chi connectivity index (χ4v) is 2.51. The standard InChI is InChI=1S/C13H22N2O5/c1-4-13(11(17)18)7-6-8-15(13)12(19)14-9(3)10(16)20-5-2/h9H,4-8H2,1-3H3,(H,14,19)(H,17,18). The molecule has 1 fully saturated rings. The topological polar surface area (TPSA) is 95.9 Å². The molecule has 0 radical (unpaired) electrons. The lowest BCUT2D eigenvalue weighted by Gasteiger charge is -2.34. The van der Waals surface area contributed by atoms with Gasteiger partial charge in [0.25, 0.3) is 0 Å². The minimum Gasteiger partial charge on any atom is -0.479 e. The number of amides is 2. The Kier molecular flexibility index (Phi) is 5.35. The first-order valence-electron chi connectivity index (χ1n) is 6.87. The number of carboxylic acids is 1. The van der Waals surface area contributed by atoms with Crippen molar-refractivity contribution in [3.63, 3.8) is 0 Å². The first-order valence-corrected chi connectivity index (χ1v) is 6.87. The fourth-order valence-electron chi connectivity index (χ4n) is 2.51. The number of ether oxygens (including phenoxy) is 1. The number of urea groups is 1. The van der Waals surface area contributed by atoms with Crippen molar-refractivity contribution in [2.45, 2.75) is 51.6 Å². The third kappa shape index (κ3) is 3.02. The minimum absolute atomic E-state index is 0.233. The van der Waals surface area contributed by atoms with E-state index < -0.39 is 29.6 Å². The van der Waals surface area contributed by atoms with Crippen LogP contribution in [-0.4, -0.2) is 52.7 Å². The highest BCUT2D eigenvalue weighted by Gasteiger charge is 2.48. The van der Waals surface area contributed by atoms with Gasteiger partial charge in [-0.3, -0.25) is 0 Å². The summed E-state index contributed by atoms with van der Waals surface area (Å²) in [4.78, 5) is 36.5. The molecule has 2 atom stereocenters. The summed E-state index contributed by atoms with van der Waals surface area (Å²) in [5.41, 5.74) is -1.17. The summed E-state index contributed by atoms with van der Waals surface area (Å²) in [5.74, 6) is -1.53. The van der Waals surface area contributed by atoms with Gasteiger partial charge in [-0.25, -0.2) is 14.4 Å². The van der Waals surface area contributed by atoms with Crippen LogP contribution >= 0.6 is 0 Å². The third-order valence-corrected chi connectivity index (χ3v) is 3.70. The number of aliphatic carboxylic acids is 1. The van der Waals surface area contributed by atoms with Gasteiger partial charge in [-0.1, -0.05) is 6.92 Å². The van der Waals surface area contributed by atoms with E-state index >= 15 is 0 Å². The smallest absolute Gasteiger partial charge is 0.329 e. The van der Waals surface area contributed by atoms with E-state index in [1.807, 2.05) is 0 Å². The van der Waals surface area contributed by atoms with Gasteiger partial charge < -0.3 is 20.1 Å². The third-order valence-electron chi connectivity index (χ3n) is 3.70. The Balaban J connectivity index is 2.76. The molecule has 0 aromatic heterocycles. The van der Waals surface area contributed by atoms with Crippen molar-refractivity contribution < 1.29 is 24.2 Å². The summed E-state index contributed by atoms with van der Waals surface area (Å²) >= 11 is 0. The molecular formula is C13H22N2O5. The molecule has 7 nitrogen and oxygen atoms in total. The van der Waals surface area contributed by atoms with E-state index in [-0.39, 0.29) is 6.61 Å². The molecule has 0 aliphatic carbocycles. The predicted molar refractivity (Wildman–Crippen MR) is 71.2 cm³/mol. The molecule has 0 aromatic carbocycles. The highest BCUT2D eigenvalue weighted by Crippen LogP contribution is 2.32. The lowest BCUT2D eigenvalue weighted by molar-refractivity contribution is -0.148. The van der Waals surface area contributed by atoms with Crippen LogP contribution in [0.5, 0.6) is 0 Å². The largest absolute Gasteiger partial charge is 0.479 e. The van der Waals surface area contributed by atoms with E-state index in [1.54, 1.807) is 13.8 Å². The summed E-state index contributed by atoms with van der Waals surface area (Å²) < 4.78 is 4.80. The van der Waals surface area contributed by atoms with Crippen LogP contribution in [0.4, 0.5) is 4.79 Å². The van der Waals surface area contributed by atoms with Crippen LogP contribution in [0.15, 0.2) is 0 Å². The van der Waals surface area contributed by atoms with Gasteiger partial charge in [0.2, 0.25) is 0 Å². The van der Waals surface area contributed by atoms with Crippen molar-refractivity contribution in [2.24, 2.45) is 0 Å². The van der Waals surface area contributed by atoms with Gasteiger partial charge in [-0.2, -0.15) is 0 Å². The maximum Gasteiger partial charge on any atom is 0.329 e. The molecular weight excluding hydrogens is 264 g/mol. The minimum atomic E-state index is -1.17. The number of hydrogen-bond donors (Lipinski definition) is 2. The van der Waals surface area contributed by atoms with Crippen LogP contribution in [0.25, 0.3) is 0 Å². The monoisotopic (exact) mass is 286 g/mol. The summed E-state index contributed by atoms with van der Waals surface area (Å²) in [6, 6.07) is -1.33. The van der Waals surface area contributed by atoms with E-state index in [0.29, 0.717) is 25.8 Å². The molecule has 1 rings (SSSR count). The van der Waals surface area contributed by atoms with Crippen molar-refractivity contribution in [1.82, 2.24) is 10.2 Å². The number of likely N-dealkylation sites (tertiary alicyclic amines) is 1. The Morgan fingerprint density at radius 1 is 1.40 bits per heavy atom. The average Bonchev–Trinajstić information content (AvgIpc) is 2.83. The number of carboxylic acid groups (broad SMARTS) is 1. The molecule has 20 heavy (non-hydrogen) atoms. The molecule has 1 aliphatic heterocycles. The van der Waals surface area contributed by atoms with Crippen LogP contribution in [0.2, 0.25) is 0 Å². The van der Waals surface area contributed by atoms with Crippen molar-refractivity contribution in [3.8, 4) is 0 Å². The van der Waals surface area contributed by atoms with E-state index in [9.17, 15) is 19.5 Å². The highest BCUT2D eigenvalue weighted by molar-refractivity contribution is 5.89. The van der Waals surface area contributed by atoms with E-state index in [0.717, 1.165) is 0 Å². The quantitative estimate of drug-likeness (QED) is 0.734.